The highest BCUT2D eigenvalue weighted by Crippen LogP contribution is 1.99. The third kappa shape index (κ3) is 5.87. The number of aliphatic hydroxyl groups excluding tert-OH is 1. The molecule has 0 aromatic carbocycles. The molecule has 0 aromatic rings. The molecule has 1 amide bonds. The summed E-state index contributed by atoms with van der Waals surface area (Å²) in [6.45, 7) is 1.76. The summed E-state index contributed by atoms with van der Waals surface area (Å²) in [5, 5.41) is 19.5. The number of carbonyl (C=O) groups excluding carboxylic acids is 2. The van der Waals surface area contributed by atoms with Gasteiger partial charge in [-0.25, -0.2) is 9.59 Å². The number of hydrogen-bond acceptors (Lipinski definition) is 6. The van der Waals surface area contributed by atoms with Gasteiger partial charge in [-0.2, -0.15) is 0 Å². The van der Waals surface area contributed by atoms with E-state index in [1.54, 1.807) is 6.92 Å². The Labute approximate surface area is 87.0 Å². The van der Waals surface area contributed by atoms with Gasteiger partial charge in [-0.1, -0.05) is 0 Å². The molecule has 15 heavy (non-hydrogen) atoms. The van der Waals surface area contributed by atoms with Gasteiger partial charge in [-0.15, -0.1) is 0 Å². The summed E-state index contributed by atoms with van der Waals surface area (Å²) >= 11 is 0. The molecular formula is C8H15NO6. The van der Waals surface area contributed by atoms with E-state index in [1.165, 1.54) is 0 Å². The Morgan fingerprint density at radius 3 is 2.40 bits per heavy atom. The Hall–Kier alpha value is -1.34. The van der Waals surface area contributed by atoms with Gasteiger partial charge in [0.15, 0.2) is 6.29 Å². The fraction of sp³-hybridized carbons (Fsp3) is 0.750. The van der Waals surface area contributed by atoms with Crippen molar-refractivity contribution < 1.29 is 29.3 Å². The lowest BCUT2D eigenvalue weighted by atomic mass is 10.2. The molecule has 3 N–H and O–H groups in total. The molecule has 1 unspecified atom stereocenters. The number of esters is 1. The molecule has 0 spiro atoms. The van der Waals surface area contributed by atoms with Crippen LogP contribution >= 0.6 is 0 Å². The zero-order valence-corrected chi connectivity index (χ0v) is 8.60. The summed E-state index contributed by atoms with van der Waals surface area (Å²) in [4.78, 5) is 22.0. The average Bonchev–Trinajstić information content (AvgIpc) is 2.15. The molecule has 0 rings (SSSR count). The molecule has 0 aliphatic rings. The van der Waals surface area contributed by atoms with Crippen molar-refractivity contribution in [1.82, 2.24) is 5.32 Å². The number of amides is 1. The van der Waals surface area contributed by atoms with E-state index in [-0.39, 0.29) is 13.0 Å². The summed E-state index contributed by atoms with van der Waals surface area (Å²) in [6, 6.07) is -1.13. The minimum Gasteiger partial charge on any atom is -0.467 e. The van der Waals surface area contributed by atoms with Crippen LogP contribution in [0.25, 0.3) is 0 Å². The van der Waals surface area contributed by atoms with Crippen LogP contribution in [-0.4, -0.2) is 48.3 Å². The van der Waals surface area contributed by atoms with Crippen LogP contribution in [0, 0.1) is 0 Å². The molecule has 7 nitrogen and oxygen atoms in total. The predicted octanol–water partition coefficient (Wildman–Crippen LogP) is -1.03. The summed E-state index contributed by atoms with van der Waals surface area (Å²) in [5.74, 6) is -0.767. The van der Waals surface area contributed by atoms with Crippen molar-refractivity contribution in [2.75, 3.05) is 13.7 Å². The van der Waals surface area contributed by atoms with Crippen molar-refractivity contribution in [1.29, 1.82) is 0 Å². The second kappa shape index (κ2) is 7.02. The molecular weight excluding hydrogens is 206 g/mol. The van der Waals surface area contributed by atoms with Crippen LogP contribution in [0.3, 0.4) is 0 Å². The first-order chi connectivity index (χ1) is 7.01. The maximum atomic E-state index is 11.1. The molecule has 0 bridgehead atoms. The van der Waals surface area contributed by atoms with Gasteiger partial charge < -0.3 is 25.0 Å². The van der Waals surface area contributed by atoms with Crippen LogP contribution < -0.4 is 5.32 Å². The van der Waals surface area contributed by atoms with Crippen molar-refractivity contribution >= 4 is 12.1 Å². The molecule has 0 aromatic heterocycles. The number of aliphatic hydroxyl groups is 2. The third-order valence-corrected chi connectivity index (χ3v) is 1.50. The number of ether oxygens (including phenoxy) is 2. The first-order valence-electron chi connectivity index (χ1n) is 4.38. The van der Waals surface area contributed by atoms with E-state index >= 15 is 0 Å². The topological polar surface area (TPSA) is 105 Å². The summed E-state index contributed by atoms with van der Waals surface area (Å²) in [7, 11) is 1.13. The Kier molecular flexibility index (Phi) is 6.39. The average molecular weight is 221 g/mol. The number of carbonyl (C=O) groups is 2. The standard InChI is InChI=1S/C8H15NO6/c1-3-15-8(13)9-5(4-6(10)11)7(12)14-2/h5-6,10-11H,3-4H2,1-2H3,(H,9,13). The number of rotatable bonds is 5. The van der Waals surface area contributed by atoms with E-state index < -0.39 is 24.4 Å². The first-order valence-corrected chi connectivity index (χ1v) is 4.38. The van der Waals surface area contributed by atoms with Gasteiger partial charge in [0.25, 0.3) is 0 Å². The molecule has 88 valence electrons. The highest BCUT2D eigenvalue weighted by molar-refractivity contribution is 5.81. The van der Waals surface area contributed by atoms with Gasteiger partial charge >= 0.3 is 12.1 Å². The number of alkyl carbamates (subject to hydrolysis) is 1. The molecule has 0 aliphatic carbocycles. The van der Waals surface area contributed by atoms with Gasteiger partial charge in [-0.05, 0) is 6.92 Å². The SMILES string of the molecule is CCOC(=O)NC(CC(O)O)C(=O)OC. The maximum absolute atomic E-state index is 11.1. The highest BCUT2D eigenvalue weighted by atomic mass is 16.6. The van der Waals surface area contributed by atoms with Crippen molar-refractivity contribution in [3.05, 3.63) is 0 Å². The van der Waals surface area contributed by atoms with Gasteiger partial charge in [0, 0.05) is 6.42 Å². The van der Waals surface area contributed by atoms with E-state index in [0.717, 1.165) is 7.11 Å². The Bertz CT molecular complexity index is 217. The molecule has 7 heteroatoms. The summed E-state index contributed by atoms with van der Waals surface area (Å²) < 4.78 is 8.89. The first kappa shape index (κ1) is 13.7. The van der Waals surface area contributed by atoms with Crippen LogP contribution in [0.5, 0.6) is 0 Å². The summed E-state index contributed by atoms with van der Waals surface area (Å²) in [6.07, 6.45) is -2.88. The molecule has 0 saturated heterocycles. The second-order valence-electron chi connectivity index (χ2n) is 2.66. The monoisotopic (exact) mass is 221 g/mol. The van der Waals surface area contributed by atoms with Gasteiger partial charge in [0.05, 0.1) is 13.7 Å². The van der Waals surface area contributed by atoms with Crippen LogP contribution in [0.4, 0.5) is 4.79 Å². The van der Waals surface area contributed by atoms with Crippen molar-refractivity contribution in [2.24, 2.45) is 0 Å². The predicted molar refractivity (Wildman–Crippen MR) is 48.8 cm³/mol. The molecule has 0 fully saturated rings. The van der Waals surface area contributed by atoms with E-state index in [4.69, 9.17) is 10.2 Å². The third-order valence-electron chi connectivity index (χ3n) is 1.50. The molecule has 0 heterocycles. The normalized spacial score (nSPS) is 12.1. The maximum Gasteiger partial charge on any atom is 0.407 e. The van der Waals surface area contributed by atoms with Crippen LogP contribution in [0.15, 0.2) is 0 Å². The van der Waals surface area contributed by atoms with Gasteiger partial charge in [0.1, 0.15) is 6.04 Å². The van der Waals surface area contributed by atoms with E-state index in [9.17, 15) is 9.59 Å². The lowest BCUT2D eigenvalue weighted by molar-refractivity contribution is -0.146. The van der Waals surface area contributed by atoms with Crippen molar-refractivity contribution in [2.45, 2.75) is 25.7 Å². The highest BCUT2D eigenvalue weighted by Gasteiger charge is 2.24. The zero-order valence-electron chi connectivity index (χ0n) is 8.60. The van der Waals surface area contributed by atoms with E-state index in [1.807, 2.05) is 0 Å². The number of nitrogens with one attached hydrogen (secondary N) is 1. The van der Waals surface area contributed by atoms with Gasteiger partial charge in [-0.3, -0.25) is 0 Å². The Morgan fingerprint density at radius 1 is 1.40 bits per heavy atom. The quantitative estimate of drug-likeness (QED) is 0.405. The van der Waals surface area contributed by atoms with Crippen LogP contribution in [0.2, 0.25) is 0 Å². The Balaban J connectivity index is 4.24. The van der Waals surface area contributed by atoms with Crippen molar-refractivity contribution in [3.8, 4) is 0 Å². The minimum atomic E-state index is -1.71. The number of hydrogen-bond donors (Lipinski definition) is 3. The smallest absolute Gasteiger partial charge is 0.407 e. The lowest BCUT2D eigenvalue weighted by Crippen LogP contribution is -2.43. The van der Waals surface area contributed by atoms with Crippen LogP contribution in [-0.2, 0) is 14.3 Å². The van der Waals surface area contributed by atoms with Crippen molar-refractivity contribution in [3.63, 3.8) is 0 Å². The molecule has 1 atom stereocenters. The fourth-order valence-corrected chi connectivity index (χ4v) is 0.882. The lowest BCUT2D eigenvalue weighted by Gasteiger charge is -2.16. The van der Waals surface area contributed by atoms with E-state index in [0.29, 0.717) is 0 Å². The zero-order chi connectivity index (χ0) is 11.8. The summed E-state index contributed by atoms with van der Waals surface area (Å²) in [5.41, 5.74) is 0. The Morgan fingerprint density at radius 2 is 2.00 bits per heavy atom. The molecule has 0 radical (unpaired) electrons. The molecule has 0 aliphatic heterocycles. The fourth-order valence-electron chi connectivity index (χ4n) is 0.882. The second-order valence-corrected chi connectivity index (χ2v) is 2.66. The number of methoxy groups -OCH3 is 1. The molecule has 0 saturated carbocycles. The van der Waals surface area contributed by atoms with Gasteiger partial charge in [0.2, 0.25) is 0 Å². The largest absolute Gasteiger partial charge is 0.467 e. The van der Waals surface area contributed by atoms with Crippen LogP contribution in [0.1, 0.15) is 13.3 Å². The minimum absolute atomic E-state index is 0.154. The van der Waals surface area contributed by atoms with E-state index in [2.05, 4.69) is 14.8 Å².